The van der Waals surface area contributed by atoms with Gasteiger partial charge in [-0.15, -0.1) is 0 Å². The second kappa shape index (κ2) is 8.36. The van der Waals surface area contributed by atoms with Gasteiger partial charge in [0.2, 0.25) is 5.88 Å². The van der Waals surface area contributed by atoms with Crippen molar-refractivity contribution in [1.82, 2.24) is 14.8 Å². The number of pyridine rings is 1. The van der Waals surface area contributed by atoms with E-state index >= 15 is 0 Å². The standard InChI is InChI=1S/C17H17F3N6O3/c18-17(19,20)9-29-14-2-1-11(6-23-14)24-16-12(15(22)27)7-26(25-16)13-8-28-4-3-10(13)5-21/h1-2,6-7,10,13H,3-4,8-9H2,(H2,22,27)(H,24,25)/t10-,13+/m0/s1. The molecule has 12 heteroatoms. The fraction of sp³-hybridized carbons (Fsp3) is 0.412. The number of alkyl halides is 3. The Morgan fingerprint density at radius 3 is 2.90 bits per heavy atom. The van der Waals surface area contributed by atoms with Crippen molar-refractivity contribution in [2.24, 2.45) is 11.7 Å². The summed E-state index contributed by atoms with van der Waals surface area (Å²) in [7, 11) is 0. The van der Waals surface area contributed by atoms with Crippen LogP contribution in [0.1, 0.15) is 22.8 Å². The van der Waals surface area contributed by atoms with Gasteiger partial charge in [0.05, 0.1) is 36.5 Å². The Labute approximate surface area is 163 Å². The number of ether oxygens (including phenoxy) is 2. The molecule has 3 rings (SSSR count). The van der Waals surface area contributed by atoms with Crippen molar-refractivity contribution in [3.8, 4) is 11.9 Å². The molecule has 0 bridgehead atoms. The van der Waals surface area contributed by atoms with E-state index < -0.39 is 18.7 Å². The molecular formula is C17H17F3N6O3. The Morgan fingerprint density at radius 1 is 1.48 bits per heavy atom. The van der Waals surface area contributed by atoms with Crippen LogP contribution < -0.4 is 15.8 Å². The summed E-state index contributed by atoms with van der Waals surface area (Å²) in [5, 5.41) is 16.5. The minimum atomic E-state index is -4.47. The van der Waals surface area contributed by atoms with Crippen LogP contribution >= 0.6 is 0 Å². The number of hydrogen-bond donors (Lipinski definition) is 2. The summed E-state index contributed by atoms with van der Waals surface area (Å²) < 4.78 is 48.0. The molecule has 1 aliphatic rings. The average Bonchev–Trinajstić information content (AvgIpc) is 3.10. The molecule has 154 valence electrons. The number of hydrogen-bond acceptors (Lipinski definition) is 7. The molecule has 0 spiro atoms. The maximum atomic E-state index is 12.2. The molecule has 0 saturated carbocycles. The lowest BCUT2D eigenvalue weighted by atomic mass is 9.97. The van der Waals surface area contributed by atoms with Gasteiger partial charge in [0.15, 0.2) is 12.4 Å². The SMILES string of the molecule is N#C[C@@H]1CCOC[C@H]1n1cc(C(N)=O)c(Nc2ccc(OCC(F)(F)F)nc2)n1. The van der Waals surface area contributed by atoms with Crippen LogP contribution in [0.15, 0.2) is 24.5 Å². The van der Waals surface area contributed by atoms with Gasteiger partial charge in [-0.2, -0.15) is 23.5 Å². The number of carbonyl (C=O) groups excluding carboxylic acids is 1. The molecular weight excluding hydrogens is 393 g/mol. The number of nitrogens with two attached hydrogens (primary N) is 1. The number of anilines is 2. The highest BCUT2D eigenvalue weighted by molar-refractivity contribution is 5.98. The Kier molecular flexibility index (Phi) is 5.88. The Morgan fingerprint density at radius 2 is 2.28 bits per heavy atom. The van der Waals surface area contributed by atoms with E-state index in [4.69, 9.17) is 10.5 Å². The van der Waals surface area contributed by atoms with E-state index in [2.05, 4.69) is 26.2 Å². The van der Waals surface area contributed by atoms with Crippen LogP contribution in [0.4, 0.5) is 24.7 Å². The molecule has 2 aromatic rings. The molecule has 0 unspecified atom stereocenters. The zero-order valence-electron chi connectivity index (χ0n) is 15.0. The van der Waals surface area contributed by atoms with Crippen LogP contribution in [0.5, 0.6) is 5.88 Å². The molecule has 2 aromatic heterocycles. The van der Waals surface area contributed by atoms with Crippen LogP contribution in [0.3, 0.4) is 0 Å². The summed E-state index contributed by atoms with van der Waals surface area (Å²) >= 11 is 0. The molecule has 9 nitrogen and oxygen atoms in total. The number of primary amides is 1. The first kappa shape index (κ1) is 20.4. The van der Waals surface area contributed by atoms with Crippen LogP contribution in [-0.2, 0) is 4.74 Å². The van der Waals surface area contributed by atoms with Gasteiger partial charge < -0.3 is 20.5 Å². The first-order chi connectivity index (χ1) is 13.8. The van der Waals surface area contributed by atoms with Gasteiger partial charge in [0, 0.05) is 18.9 Å². The van der Waals surface area contributed by atoms with E-state index in [1.807, 2.05) is 0 Å². The molecule has 3 N–H and O–H groups in total. The molecule has 29 heavy (non-hydrogen) atoms. The highest BCUT2D eigenvalue weighted by Crippen LogP contribution is 2.28. The van der Waals surface area contributed by atoms with E-state index in [0.29, 0.717) is 18.7 Å². The van der Waals surface area contributed by atoms with Crippen LogP contribution in [0.2, 0.25) is 0 Å². The second-order valence-corrected chi connectivity index (χ2v) is 6.32. The zero-order valence-corrected chi connectivity index (χ0v) is 15.0. The molecule has 3 heterocycles. The van der Waals surface area contributed by atoms with E-state index in [1.54, 1.807) is 0 Å². The number of aromatic nitrogens is 3. The lowest BCUT2D eigenvalue weighted by Gasteiger charge is -2.26. The summed E-state index contributed by atoms with van der Waals surface area (Å²) in [6, 6.07) is 4.50. The predicted molar refractivity (Wildman–Crippen MR) is 93.4 cm³/mol. The Hall–Kier alpha value is -3.33. The highest BCUT2D eigenvalue weighted by atomic mass is 19.4. The van der Waals surface area contributed by atoms with Gasteiger partial charge in [-0.25, -0.2) is 4.98 Å². The number of nitrogens with zero attached hydrogens (tertiary/aromatic N) is 4. The van der Waals surface area contributed by atoms with Crippen LogP contribution in [-0.4, -0.2) is 46.7 Å². The van der Waals surface area contributed by atoms with Gasteiger partial charge in [0.25, 0.3) is 5.91 Å². The van der Waals surface area contributed by atoms with Crippen molar-refractivity contribution in [3.05, 3.63) is 30.1 Å². The monoisotopic (exact) mass is 410 g/mol. The van der Waals surface area contributed by atoms with E-state index in [9.17, 15) is 23.2 Å². The predicted octanol–water partition coefficient (Wildman–Crippen LogP) is 2.16. The van der Waals surface area contributed by atoms with Crippen molar-refractivity contribution in [2.75, 3.05) is 25.1 Å². The molecule has 0 radical (unpaired) electrons. The third kappa shape index (κ3) is 5.14. The summed E-state index contributed by atoms with van der Waals surface area (Å²) in [6.45, 7) is -0.713. The quantitative estimate of drug-likeness (QED) is 0.747. The molecule has 1 amide bonds. The van der Waals surface area contributed by atoms with E-state index in [0.717, 1.165) is 0 Å². The number of rotatable bonds is 6. The van der Waals surface area contributed by atoms with Crippen LogP contribution in [0.25, 0.3) is 0 Å². The summed E-state index contributed by atoms with van der Waals surface area (Å²) in [6.07, 6.45) is -1.26. The molecule has 1 saturated heterocycles. The average molecular weight is 410 g/mol. The molecule has 0 aliphatic carbocycles. The summed E-state index contributed by atoms with van der Waals surface area (Å²) in [5.41, 5.74) is 5.86. The topological polar surface area (TPSA) is 128 Å². The largest absolute Gasteiger partial charge is 0.468 e. The summed E-state index contributed by atoms with van der Waals surface area (Å²) in [5.74, 6) is -1.14. The molecule has 1 aliphatic heterocycles. The van der Waals surface area contributed by atoms with E-state index in [1.165, 1.54) is 29.2 Å². The molecule has 1 fully saturated rings. The van der Waals surface area contributed by atoms with Gasteiger partial charge in [-0.05, 0) is 12.5 Å². The number of nitriles is 1. The number of amides is 1. The van der Waals surface area contributed by atoms with Crippen molar-refractivity contribution >= 4 is 17.4 Å². The lowest BCUT2D eigenvalue weighted by Crippen LogP contribution is -2.29. The maximum Gasteiger partial charge on any atom is 0.422 e. The van der Waals surface area contributed by atoms with Gasteiger partial charge in [-0.1, -0.05) is 0 Å². The number of carbonyl (C=O) groups is 1. The van der Waals surface area contributed by atoms with Gasteiger partial charge in [0.1, 0.15) is 5.56 Å². The Balaban J connectivity index is 1.77. The van der Waals surface area contributed by atoms with Crippen LogP contribution in [0, 0.1) is 17.2 Å². The van der Waals surface area contributed by atoms with Gasteiger partial charge >= 0.3 is 6.18 Å². The lowest BCUT2D eigenvalue weighted by molar-refractivity contribution is -0.154. The normalized spacial score (nSPS) is 19.4. The second-order valence-electron chi connectivity index (χ2n) is 6.32. The van der Waals surface area contributed by atoms with Crippen molar-refractivity contribution in [2.45, 2.75) is 18.6 Å². The van der Waals surface area contributed by atoms with Crippen molar-refractivity contribution < 1.29 is 27.4 Å². The first-order valence-electron chi connectivity index (χ1n) is 8.56. The van der Waals surface area contributed by atoms with Gasteiger partial charge in [-0.3, -0.25) is 9.48 Å². The highest BCUT2D eigenvalue weighted by Gasteiger charge is 2.30. The van der Waals surface area contributed by atoms with Crippen molar-refractivity contribution in [3.63, 3.8) is 0 Å². The molecule has 0 aromatic carbocycles. The molecule has 2 atom stereocenters. The van der Waals surface area contributed by atoms with Crippen molar-refractivity contribution in [1.29, 1.82) is 5.26 Å². The van der Waals surface area contributed by atoms with E-state index in [-0.39, 0.29) is 35.8 Å². The third-order valence-corrected chi connectivity index (χ3v) is 4.21. The smallest absolute Gasteiger partial charge is 0.422 e. The summed E-state index contributed by atoms with van der Waals surface area (Å²) in [4.78, 5) is 15.6. The minimum absolute atomic E-state index is 0.0876. The fourth-order valence-corrected chi connectivity index (χ4v) is 2.80. The fourth-order valence-electron chi connectivity index (χ4n) is 2.80. The minimum Gasteiger partial charge on any atom is -0.468 e. The number of nitrogens with one attached hydrogen (secondary N) is 1. The zero-order chi connectivity index (χ0) is 21.0. The third-order valence-electron chi connectivity index (χ3n) is 4.21. The Bertz CT molecular complexity index is 907. The number of halogens is 3. The maximum absolute atomic E-state index is 12.2. The first-order valence-corrected chi connectivity index (χ1v) is 8.56.